The number of nitrogens with one attached hydrogen (secondary N) is 1. The van der Waals surface area contributed by atoms with Gasteiger partial charge in [-0.05, 0) is 38.0 Å². The second-order valence-corrected chi connectivity index (χ2v) is 6.48. The average molecular weight is 361 g/mol. The summed E-state index contributed by atoms with van der Waals surface area (Å²) in [7, 11) is 0. The van der Waals surface area contributed by atoms with E-state index >= 15 is 0 Å². The molecule has 1 heterocycles. The summed E-state index contributed by atoms with van der Waals surface area (Å²) in [5, 5.41) is 2.90. The van der Waals surface area contributed by atoms with Gasteiger partial charge in [-0.2, -0.15) is 0 Å². The Hall–Kier alpha value is -3.21. The first-order chi connectivity index (χ1) is 13.1. The van der Waals surface area contributed by atoms with Crippen LogP contribution in [0.5, 0.6) is 5.75 Å². The van der Waals surface area contributed by atoms with Crippen LogP contribution in [0, 0.1) is 0 Å². The Balaban J connectivity index is 1.50. The fourth-order valence-electron chi connectivity index (χ4n) is 2.61. The van der Waals surface area contributed by atoms with Crippen molar-refractivity contribution >= 4 is 5.91 Å². The van der Waals surface area contributed by atoms with Crippen LogP contribution in [-0.4, -0.2) is 28.5 Å². The van der Waals surface area contributed by atoms with Gasteiger partial charge in [-0.3, -0.25) is 4.79 Å². The van der Waals surface area contributed by atoms with E-state index < -0.39 is 0 Å². The van der Waals surface area contributed by atoms with E-state index in [0.29, 0.717) is 17.9 Å². The SMILES string of the molecule is CC(C)Oc1ccc(CCNC(=O)c2cnc(-c3ccccc3)nc2)cc1. The minimum Gasteiger partial charge on any atom is -0.491 e. The first-order valence-electron chi connectivity index (χ1n) is 9.03. The van der Waals surface area contributed by atoms with Gasteiger partial charge in [0.05, 0.1) is 11.7 Å². The minimum atomic E-state index is -0.172. The molecule has 5 nitrogen and oxygen atoms in total. The predicted molar refractivity (Wildman–Crippen MR) is 106 cm³/mol. The first kappa shape index (κ1) is 18.6. The highest BCUT2D eigenvalue weighted by Crippen LogP contribution is 2.14. The fraction of sp³-hybridized carbons (Fsp3) is 0.227. The van der Waals surface area contributed by atoms with Gasteiger partial charge in [-0.15, -0.1) is 0 Å². The topological polar surface area (TPSA) is 64.1 Å². The minimum absolute atomic E-state index is 0.158. The third-order valence-electron chi connectivity index (χ3n) is 3.94. The summed E-state index contributed by atoms with van der Waals surface area (Å²) in [5.74, 6) is 1.29. The molecule has 0 atom stereocenters. The molecule has 138 valence electrons. The summed E-state index contributed by atoms with van der Waals surface area (Å²) in [4.78, 5) is 20.8. The second-order valence-electron chi connectivity index (χ2n) is 6.48. The van der Waals surface area contributed by atoms with E-state index in [4.69, 9.17) is 4.74 Å². The number of hydrogen-bond donors (Lipinski definition) is 1. The van der Waals surface area contributed by atoms with Crippen LogP contribution >= 0.6 is 0 Å². The molecule has 0 radical (unpaired) electrons. The Bertz CT molecular complexity index is 860. The van der Waals surface area contributed by atoms with Crippen LogP contribution < -0.4 is 10.1 Å². The van der Waals surface area contributed by atoms with Gasteiger partial charge < -0.3 is 10.1 Å². The van der Waals surface area contributed by atoms with Crippen molar-refractivity contribution in [1.82, 2.24) is 15.3 Å². The van der Waals surface area contributed by atoms with Gasteiger partial charge >= 0.3 is 0 Å². The van der Waals surface area contributed by atoms with Crippen LogP contribution in [0.15, 0.2) is 67.0 Å². The lowest BCUT2D eigenvalue weighted by atomic mass is 10.1. The Morgan fingerprint density at radius 3 is 2.30 bits per heavy atom. The Labute approximate surface area is 159 Å². The summed E-state index contributed by atoms with van der Waals surface area (Å²) in [5.41, 5.74) is 2.52. The maximum atomic E-state index is 12.2. The molecule has 0 spiro atoms. The summed E-state index contributed by atoms with van der Waals surface area (Å²) in [6.45, 7) is 4.54. The van der Waals surface area contributed by atoms with Crippen molar-refractivity contribution in [3.05, 3.63) is 78.1 Å². The van der Waals surface area contributed by atoms with E-state index in [2.05, 4.69) is 15.3 Å². The first-order valence-corrected chi connectivity index (χ1v) is 9.03. The molecular formula is C22H23N3O2. The quantitative estimate of drug-likeness (QED) is 0.693. The van der Waals surface area contributed by atoms with Crippen molar-refractivity contribution in [3.8, 4) is 17.1 Å². The highest BCUT2D eigenvalue weighted by atomic mass is 16.5. The molecule has 27 heavy (non-hydrogen) atoms. The van der Waals surface area contributed by atoms with Crippen LogP contribution in [0.2, 0.25) is 0 Å². The predicted octanol–water partition coefficient (Wildman–Crippen LogP) is 3.90. The molecule has 1 aromatic heterocycles. The molecular weight excluding hydrogens is 338 g/mol. The van der Waals surface area contributed by atoms with Crippen molar-refractivity contribution in [1.29, 1.82) is 0 Å². The normalized spacial score (nSPS) is 10.6. The smallest absolute Gasteiger partial charge is 0.254 e. The van der Waals surface area contributed by atoms with Gasteiger partial charge in [-0.25, -0.2) is 9.97 Å². The molecule has 0 saturated carbocycles. The molecule has 0 aliphatic heterocycles. The Morgan fingerprint density at radius 2 is 1.67 bits per heavy atom. The van der Waals surface area contributed by atoms with Crippen molar-refractivity contribution in [2.75, 3.05) is 6.54 Å². The van der Waals surface area contributed by atoms with E-state index in [0.717, 1.165) is 23.3 Å². The van der Waals surface area contributed by atoms with Crippen LogP contribution in [0.4, 0.5) is 0 Å². The third-order valence-corrected chi connectivity index (χ3v) is 3.94. The van der Waals surface area contributed by atoms with E-state index in [-0.39, 0.29) is 12.0 Å². The van der Waals surface area contributed by atoms with E-state index in [1.807, 2.05) is 68.4 Å². The lowest BCUT2D eigenvalue weighted by Crippen LogP contribution is -2.26. The molecule has 3 rings (SSSR count). The number of nitrogens with zero attached hydrogens (tertiary/aromatic N) is 2. The van der Waals surface area contributed by atoms with Crippen LogP contribution in [0.25, 0.3) is 11.4 Å². The zero-order valence-corrected chi connectivity index (χ0v) is 15.6. The molecule has 3 aromatic rings. The lowest BCUT2D eigenvalue weighted by molar-refractivity contribution is 0.0953. The Morgan fingerprint density at radius 1 is 1.00 bits per heavy atom. The molecule has 0 aliphatic carbocycles. The summed E-state index contributed by atoms with van der Waals surface area (Å²) >= 11 is 0. The largest absolute Gasteiger partial charge is 0.491 e. The van der Waals surface area contributed by atoms with Crippen molar-refractivity contribution in [3.63, 3.8) is 0 Å². The van der Waals surface area contributed by atoms with Crippen LogP contribution in [-0.2, 0) is 6.42 Å². The summed E-state index contributed by atoms with van der Waals surface area (Å²) in [6, 6.07) is 17.6. The van der Waals surface area contributed by atoms with Gasteiger partial charge in [0.2, 0.25) is 0 Å². The molecule has 0 aliphatic rings. The average Bonchev–Trinajstić information content (AvgIpc) is 2.69. The second kappa shape index (κ2) is 8.94. The molecule has 0 unspecified atom stereocenters. The molecule has 0 saturated heterocycles. The van der Waals surface area contributed by atoms with Gasteiger partial charge in [0, 0.05) is 24.5 Å². The van der Waals surface area contributed by atoms with E-state index in [9.17, 15) is 4.79 Å². The number of amides is 1. The summed E-state index contributed by atoms with van der Waals surface area (Å²) < 4.78 is 5.63. The van der Waals surface area contributed by atoms with E-state index in [1.165, 1.54) is 0 Å². The molecule has 1 N–H and O–H groups in total. The van der Waals surface area contributed by atoms with Gasteiger partial charge in [0.15, 0.2) is 5.82 Å². The number of hydrogen-bond acceptors (Lipinski definition) is 4. The van der Waals surface area contributed by atoms with Crippen molar-refractivity contribution < 1.29 is 9.53 Å². The molecule has 1 amide bonds. The zero-order chi connectivity index (χ0) is 19.1. The Kier molecular flexibility index (Phi) is 6.15. The lowest BCUT2D eigenvalue weighted by Gasteiger charge is -2.10. The highest BCUT2D eigenvalue weighted by molar-refractivity contribution is 5.93. The highest BCUT2D eigenvalue weighted by Gasteiger charge is 2.08. The molecule has 0 bridgehead atoms. The number of carbonyl (C=O) groups excluding carboxylic acids is 1. The fourth-order valence-corrected chi connectivity index (χ4v) is 2.61. The van der Waals surface area contributed by atoms with Crippen molar-refractivity contribution in [2.45, 2.75) is 26.4 Å². The van der Waals surface area contributed by atoms with Gasteiger partial charge in [-0.1, -0.05) is 42.5 Å². The molecule has 2 aromatic carbocycles. The van der Waals surface area contributed by atoms with Crippen LogP contribution in [0.1, 0.15) is 29.8 Å². The maximum Gasteiger partial charge on any atom is 0.254 e. The van der Waals surface area contributed by atoms with Gasteiger partial charge in [0.1, 0.15) is 5.75 Å². The molecule has 5 heteroatoms. The number of benzene rings is 2. The maximum absolute atomic E-state index is 12.2. The standard InChI is InChI=1S/C22H23N3O2/c1-16(2)27-20-10-8-17(9-11-20)12-13-23-22(26)19-14-24-21(25-15-19)18-6-4-3-5-7-18/h3-11,14-16H,12-13H2,1-2H3,(H,23,26). The van der Waals surface area contributed by atoms with E-state index in [1.54, 1.807) is 12.4 Å². The number of carbonyl (C=O) groups is 1. The summed E-state index contributed by atoms with van der Waals surface area (Å²) in [6.07, 6.45) is 4.02. The number of ether oxygens (including phenoxy) is 1. The van der Waals surface area contributed by atoms with Crippen molar-refractivity contribution in [2.24, 2.45) is 0 Å². The number of rotatable bonds is 7. The third kappa shape index (κ3) is 5.38. The van der Waals surface area contributed by atoms with Gasteiger partial charge in [0.25, 0.3) is 5.91 Å². The van der Waals surface area contributed by atoms with Crippen LogP contribution in [0.3, 0.4) is 0 Å². The molecule has 0 fully saturated rings. The zero-order valence-electron chi connectivity index (χ0n) is 15.6. The number of aromatic nitrogens is 2. The monoisotopic (exact) mass is 361 g/mol.